The summed E-state index contributed by atoms with van der Waals surface area (Å²) in [5.74, 6) is 1.52. The summed E-state index contributed by atoms with van der Waals surface area (Å²) in [5.41, 5.74) is 0.256. The van der Waals surface area contributed by atoms with E-state index in [4.69, 9.17) is 0 Å². The predicted molar refractivity (Wildman–Crippen MR) is 60.5 cm³/mol. The van der Waals surface area contributed by atoms with Gasteiger partial charge in [-0.15, -0.1) is 0 Å². The molecule has 0 radical (unpaired) electrons. The van der Waals surface area contributed by atoms with Crippen LogP contribution in [0.15, 0.2) is 0 Å². The molecule has 0 bridgehead atoms. The van der Waals surface area contributed by atoms with Gasteiger partial charge in [-0.05, 0) is 37.8 Å². The Labute approximate surface area is 92.2 Å². The molecule has 2 aliphatic heterocycles. The van der Waals surface area contributed by atoms with Crippen molar-refractivity contribution in [1.82, 2.24) is 10.2 Å². The number of fused-ring (bicyclic) bond motifs is 1. The number of nitrogens with zero attached hydrogens (tertiary/aromatic N) is 1. The largest absolute Gasteiger partial charge is 0.354 e. The van der Waals surface area contributed by atoms with Gasteiger partial charge in [0, 0.05) is 19.0 Å². The van der Waals surface area contributed by atoms with E-state index in [1.165, 1.54) is 25.9 Å². The number of hydrogen-bond acceptors (Lipinski definition) is 2. The van der Waals surface area contributed by atoms with Crippen molar-refractivity contribution >= 4 is 5.91 Å². The maximum atomic E-state index is 11.1. The topological polar surface area (TPSA) is 32.3 Å². The van der Waals surface area contributed by atoms with Gasteiger partial charge in [-0.25, -0.2) is 0 Å². The summed E-state index contributed by atoms with van der Waals surface area (Å²) in [7, 11) is 0. The van der Waals surface area contributed by atoms with Gasteiger partial charge in [0.2, 0.25) is 5.91 Å². The van der Waals surface area contributed by atoms with Gasteiger partial charge in [0.15, 0.2) is 0 Å². The molecular formula is C12H22N2O. The Morgan fingerprint density at radius 1 is 1.33 bits per heavy atom. The lowest BCUT2D eigenvalue weighted by Crippen LogP contribution is -2.54. The van der Waals surface area contributed by atoms with Gasteiger partial charge in [0.1, 0.15) is 0 Å². The van der Waals surface area contributed by atoms with Crippen LogP contribution in [0, 0.1) is 11.8 Å². The van der Waals surface area contributed by atoms with E-state index in [1.54, 1.807) is 6.92 Å². The smallest absolute Gasteiger partial charge is 0.216 e. The van der Waals surface area contributed by atoms with Crippen molar-refractivity contribution in [3.8, 4) is 0 Å². The molecule has 1 N–H and O–H groups in total. The summed E-state index contributed by atoms with van der Waals surface area (Å²) in [6, 6.07) is 0. The van der Waals surface area contributed by atoms with E-state index in [2.05, 4.69) is 24.1 Å². The quantitative estimate of drug-likeness (QED) is 0.744. The van der Waals surface area contributed by atoms with Crippen LogP contribution < -0.4 is 5.32 Å². The second-order valence-electron chi connectivity index (χ2n) is 5.27. The molecule has 2 saturated heterocycles. The van der Waals surface area contributed by atoms with E-state index in [1.807, 2.05) is 0 Å². The fourth-order valence-corrected chi connectivity index (χ4v) is 3.56. The van der Waals surface area contributed by atoms with E-state index in [0.29, 0.717) is 11.8 Å². The van der Waals surface area contributed by atoms with Gasteiger partial charge in [0.05, 0.1) is 0 Å². The van der Waals surface area contributed by atoms with Gasteiger partial charge in [0.25, 0.3) is 0 Å². The molecule has 1 amide bonds. The molecule has 2 aliphatic rings. The average molecular weight is 210 g/mol. The number of hydrogen-bond donors (Lipinski definition) is 1. The molecule has 2 heterocycles. The third kappa shape index (κ3) is 1.57. The van der Waals surface area contributed by atoms with Crippen LogP contribution >= 0.6 is 0 Å². The summed E-state index contributed by atoms with van der Waals surface area (Å²) in [6.45, 7) is 9.55. The Bertz CT molecular complexity index is 250. The van der Waals surface area contributed by atoms with E-state index in [-0.39, 0.29) is 11.4 Å². The fraction of sp³-hybridized carbons (Fsp3) is 0.917. The Balaban J connectivity index is 2.15. The highest BCUT2D eigenvalue weighted by Crippen LogP contribution is 2.46. The normalized spacial score (nSPS) is 40.5. The molecule has 2 rings (SSSR count). The van der Waals surface area contributed by atoms with Gasteiger partial charge in [-0.2, -0.15) is 0 Å². The van der Waals surface area contributed by atoms with Crippen molar-refractivity contribution in [2.24, 2.45) is 11.8 Å². The molecule has 15 heavy (non-hydrogen) atoms. The third-order valence-corrected chi connectivity index (χ3v) is 4.58. The van der Waals surface area contributed by atoms with Crippen molar-refractivity contribution < 1.29 is 4.79 Å². The van der Waals surface area contributed by atoms with Crippen LogP contribution in [0.4, 0.5) is 0 Å². The van der Waals surface area contributed by atoms with Crippen molar-refractivity contribution in [3.05, 3.63) is 0 Å². The lowest BCUT2D eigenvalue weighted by atomic mass is 9.77. The zero-order valence-corrected chi connectivity index (χ0v) is 10.0. The van der Waals surface area contributed by atoms with E-state index < -0.39 is 0 Å². The Morgan fingerprint density at radius 2 is 1.87 bits per heavy atom. The molecule has 2 atom stereocenters. The number of nitrogens with one attached hydrogen (secondary N) is 1. The van der Waals surface area contributed by atoms with Crippen LogP contribution in [-0.2, 0) is 4.79 Å². The van der Waals surface area contributed by atoms with Crippen LogP contribution in [0.3, 0.4) is 0 Å². The molecule has 2 fully saturated rings. The number of carbonyl (C=O) groups excluding carboxylic acids is 1. The molecule has 3 nitrogen and oxygen atoms in total. The zero-order chi connectivity index (χ0) is 11.1. The first-order valence-corrected chi connectivity index (χ1v) is 6.07. The Morgan fingerprint density at radius 3 is 2.33 bits per heavy atom. The molecule has 0 aromatic rings. The van der Waals surface area contributed by atoms with Crippen LogP contribution in [0.2, 0.25) is 0 Å². The minimum atomic E-state index is 0.0996. The lowest BCUT2D eigenvalue weighted by molar-refractivity contribution is -0.119. The Hall–Kier alpha value is -0.570. The molecule has 0 aliphatic carbocycles. The summed E-state index contributed by atoms with van der Waals surface area (Å²) in [6.07, 6.45) is 2.56. The van der Waals surface area contributed by atoms with Gasteiger partial charge in [-0.3, -0.25) is 9.69 Å². The number of amides is 1. The van der Waals surface area contributed by atoms with Crippen molar-refractivity contribution in [2.45, 2.75) is 39.2 Å². The minimum absolute atomic E-state index is 0.0996. The summed E-state index contributed by atoms with van der Waals surface area (Å²) >= 11 is 0. The maximum Gasteiger partial charge on any atom is 0.216 e. The lowest BCUT2D eigenvalue weighted by Gasteiger charge is -2.39. The van der Waals surface area contributed by atoms with Gasteiger partial charge in [-0.1, -0.05) is 13.8 Å². The van der Waals surface area contributed by atoms with Crippen molar-refractivity contribution in [1.29, 1.82) is 0 Å². The summed E-state index contributed by atoms with van der Waals surface area (Å²) < 4.78 is 0. The first kappa shape index (κ1) is 10.9. The first-order chi connectivity index (χ1) is 7.07. The molecular weight excluding hydrogens is 188 g/mol. The van der Waals surface area contributed by atoms with Gasteiger partial charge >= 0.3 is 0 Å². The molecule has 0 saturated carbocycles. The van der Waals surface area contributed by atoms with Crippen LogP contribution in [0.5, 0.6) is 0 Å². The molecule has 2 unspecified atom stereocenters. The average Bonchev–Trinajstić information content (AvgIpc) is 2.65. The highest BCUT2D eigenvalue weighted by Gasteiger charge is 2.53. The summed E-state index contributed by atoms with van der Waals surface area (Å²) in [4.78, 5) is 13.7. The zero-order valence-electron chi connectivity index (χ0n) is 10.0. The minimum Gasteiger partial charge on any atom is -0.354 e. The number of rotatable bonds is 2. The van der Waals surface area contributed by atoms with Crippen molar-refractivity contribution in [3.63, 3.8) is 0 Å². The van der Waals surface area contributed by atoms with Crippen LogP contribution in [-0.4, -0.2) is 36.0 Å². The summed E-state index contributed by atoms with van der Waals surface area (Å²) in [5, 5.41) is 3.03. The molecule has 0 spiro atoms. The second kappa shape index (κ2) is 3.78. The molecule has 3 heteroatoms. The number of carbonyl (C=O) groups is 1. The molecule has 86 valence electrons. The van der Waals surface area contributed by atoms with Crippen LogP contribution in [0.25, 0.3) is 0 Å². The highest BCUT2D eigenvalue weighted by molar-refractivity contribution is 5.72. The Kier molecular flexibility index (Phi) is 2.75. The van der Waals surface area contributed by atoms with Gasteiger partial charge < -0.3 is 5.32 Å². The molecule has 0 aromatic carbocycles. The fourth-order valence-electron chi connectivity index (χ4n) is 3.56. The monoisotopic (exact) mass is 210 g/mol. The SMILES string of the molecule is CC(=O)NCC12C(C)CCN1CCC2C. The van der Waals surface area contributed by atoms with E-state index in [0.717, 1.165) is 6.54 Å². The highest BCUT2D eigenvalue weighted by atomic mass is 16.1. The van der Waals surface area contributed by atoms with E-state index >= 15 is 0 Å². The van der Waals surface area contributed by atoms with E-state index in [9.17, 15) is 4.79 Å². The second-order valence-corrected chi connectivity index (χ2v) is 5.27. The van der Waals surface area contributed by atoms with Crippen molar-refractivity contribution in [2.75, 3.05) is 19.6 Å². The third-order valence-electron chi connectivity index (χ3n) is 4.58. The predicted octanol–water partition coefficient (Wildman–Crippen LogP) is 1.24. The first-order valence-electron chi connectivity index (χ1n) is 6.07. The van der Waals surface area contributed by atoms with Crippen LogP contribution in [0.1, 0.15) is 33.6 Å². The maximum absolute atomic E-state index is 11.1. The molecule has 0 aromatic heterocycles. The standard InChI is InChI=1S/C12H22N2O/c1-9-4-6-14-7-5-10(2)12(9,14)8-13-11(3)15/h9-10H,4-8H2,1-3H3,(H,13,15).